The molecule has 0 aliphatic carbocycles. The zero-order valence-electron chi connectivity index (χ0n) is 23.5. The van der Waals surface area contributed by atoms with Gasteiger partial charge in [-0.1, -0.05) is 33.6 Å². The Bertz CT molecular complexity index is 1290. The molecule has 208 valence electrons. The van der Waals surface area contributed by atoms with Crippen LogP contribution < -0.4 is 9.04 Å². The fourth-order valence-corrected chi connectivity index (χ4v) is 4.94. The molecule has 0 spiro atoms. The van der Waals surface area contributed by atoms with Crippen LogP contribution in [0.25, 0.3) is 11.0 Å². The topological polar surface area (TPSA) is 80.1 Å². The molecule has 7 nitrogen and oxygen atoms in total. The molecule has 0 amide bonds. The van der Waals surface area contributed by atoms with E-state index in [-0.39, 0.29) is 5.78 Å². The number of carbonyl (C=O) groups excluding carboxylic acids is 1. The summed E-state index contributed by atoms with van der Waals surface area (Å²) < 4.78 is 37.2. The van der Waals surface area contributed by atoms with Crippen molar-refractivity contribution in [1.29, 1.82) is 0 Å². The minimum Gasteiger partial charge on any atom is -0.494 e. The molecule has 3 aromatic rings. The third-order valence-corrected chi connectivity index (χ3v) is 8.02. The van der Waals surface area contributed by atoms with Crippen LogP contribution in [0, 0.1) is 0 Å². The minimum atomic E-state index is -3.44. The average molecular weight is 543 g/mol. The van der Waals surface area contributed by atoms with Crippen LogP contribution in [0.4, 0.5) is 5.69 Å². The first kappa shape index (κ1) is 29.7. The zero-order chi connectivity index (χ0) is 27.7. The number of nitrogens with zero attached hydrogens (tertiary/aromatic N) is 2. The van der Waals surface area contributed by atoms with E-state index in [1.807, 2.05) is 19.1 Å². The number of sulfonamides is 1. The Labute approximate surface area is 227 Å². The second kappa shape index (κ2) is 13.8. The highest BCUT2D eigenvalue weighted by molar-refractivity contribution is 7.92. The Kier molecular flexibility index (Phi) is 10.8. The van der Waals surface area contributed by atoms with E-state index < -0.39 is 10.0 Å². The summed E-state index contributed by atoms with van der Waals surface area (Å²) in [6.45, 7) is 10.3. The highest BCUT2D eigenvalue weighted by Crippen LogP contribution is 2.32. The molecule has 0 saturated heterocycles. The molecule has 0 saturated carbocycles. The Balaban J connectivity index is 1.70. The number of rotatable bonds is 16. The summed E-state index contributed by atoms with van der Waals surface area (Å²) in [4.78, 5) is 16.1. The number of unbranched alkanes of at least 4 members (excludes halogenated alkanes) is 2. The normalized spacial score (nSPS) is 11.8. The van der Waals surface area contributed by atoms with Crippen molar-refractivity contribution in [3.05, 3.63) is 59.4 Å². The third kappa shape index (κ3) is 7.60. The molecule has 0 N–H and O–H groups in total. The van der Waals surface area contributed by atoms with Crippen molar-refractivity contribution in [3.8, 4) is 5.75 Å². The van der Waals surface area contributed by atoms with E-state index in [0.29, 0.717) is 46.6 Å². The summed E-state index contributed by atoms with van der Waals surface area (Å²) in [6.07, 6.45) is 7.51. The van der Waals surface area contributed by atoms with Crippen LogP contribution in [0.5, 0.6) is 5.75 Å². The van der Waals surface area contributed by atoms with Gasteiger partial charge < -0.3 is 14.1 Å². The van der Waals surface area contributed by atoms with E-state index in [9.17, 15) is 13.2 Å². The average Bonchev–Trinajstić information content (AvgIpc) is 3.29. The summed E-state index contributed by atoms with van der Waals surface area (Å²) in [5, 5.41) is 0.607. The van der Waals surface area contributed by atoms with Crippen LogP contribution in [0.2, 0.25) is 0 Å². The lowest BCUT2D eigenvalue weighted by molar-refractivity contribution is 0.103. The maximum Gasteiger partial charge on any atom is 0.231 e. The number of anilines is 1. The Morgan fingerprint density at radius 2 is 1.55 bits per heavy atom. The Morgan fingerprint density at radius 3 is 2.13 bits per heavy atom. The zero-order valence-corrected chi connectivity index (χ0v) is 24.3. The lowest BCUT2D eigenvalue weighted by atomic mass is 9.99. The third-order valence-electron chi connectivity index (χ3n) is 6.81. The summed E-state index contributed by atoms with van der Waals surface area (Å²) in [5.74, 6) is 1.16. The van der Waals surface area contributed by atoms with Gasteiger partial charge in [0.2, 0.25) is 10.0 Å². The predicted molar refractivity (Wildman–Crippen MR) is 155 cm³/mol. The van der Waals surface area contributed by atoms with Crippen molar-refractivity contribution >= 4 is 32.5 Å². The molecular formula is C30H42N2O5S. The number of hydrogen-bond donors (Lipinski definition) is 0. The molecule has 0 aliphatic heterocycles. The van der Waals surface area contributed by atoms with Gasteiger partial charge in [0, 0.05) is 31.0 Å². The number of ether oxygens (including phenoxy) is 1. The lowest BCUT2D eigenvalue weighted by Gasteiger charge is -2.21. The van der Waals surface area contributed by atoms with E-state index in [4.69, 9.17) is 9.15 Å². The van der Waals surface area contributed by atoms with Gasteiger partial charge in [0.05, 0.1) is 24.1 Å². The van der Waals surface area contributed by atoms with Crippen molar-refractivity contribution in [1.82, 2.24) is 4.90 Å². The van der Waals surface area contributed by atoms with E-state index in [1.165, 1.54) is 37.0 Å². The van der Waals surface area contributed by atoms with Gasteiger partial charge in [-0.2, -0.15) is 0 Å². The van der Waals surface area contributed by atoms with Crippen LogP contribution in [0.1, 0.15) is 74.6 Å². The Morgan fingerprint density at radius 1 is 0.921 bits per heavy atom. The monoisotopic (exact) mass is 542 g/mol. The van der Waals surface area contributed by atoms with Crippen LogP contribution in [0.3, 0.4) is 0 Å². The number of fused-ring (bicyclic) bond motifs is 1. The molecular weight excluding hydrogens is 500 g/mol. The first-order chi connectivity index (χ1) is 18.2. The van der Waals surface area contributed by atoms with Crippen molar-refractivity contribution < 1.29 is 22.4 Å². The van der Waals surface area contributed by atoms with E-state index >= 15 is 0 Å². The molecule has 0 unspecified atom stereocenters. The summed E-state index contributed by atoms with van der Waals surface area (Å²) in [5.41, 5.74) is 2.04. The van der Waals surface area contributed by atoms with E-state index in [0.717, 1.165) is 38.1 Å². The molecule has 0 atom stereocenters. The summed E-state index contributed by atoms with van der Waals surface area (Å²) in [7, 11) is -1.94. The quantitative estimate of drug-likeness (QED) is 0.156. The maximum absolute atomic E-state index is 13.6. The first-order valence-electron chi connectivity index (χ1n) is 13.7. The van der Waals surface area contributed by atoms with Gasteiger partial charge in [-0.15, -0.1) is 0 Å². The number of hydrogen-bond acceptors (Lipinski definition) is 6. The minimum absolute atomic E-state index is 0.159. The molecule has 3 rings (SSSR count). The number of benzene rings is 2. The van der Waals surface area contributed by atoms with Crippen LogP contribution in [0.15, 0.2) is 46.9 Å². The molecule has 0 fully saturated rings. The van der Waals surface area contributed by atoms with Gasteiger partial charge in [-0.25, -0.2) is 8.42 Å². The van der Waals surface area contributed by atoms with Crippen LogP contribution in [-0.2, 0) is 16.4 Å². The van der Waals surface area contributed by atoms with Gasteiger partial charge >= 0.3 is 0 Å². The second-order valence-electron chi connectivity index (χ2n) is 9.77. The number of furan rings is 1. The standard InChI is InChI=1S/C30H42N2O5S/c1-6-9-18-32(19-10-7-2)20-11-21-36-25-15-12-23(13-16-25)30(33)29-26-22-24(31(4)38(5,34)35)14-17-28(26)37-27(29)8-3/h12-17,22H,6-11,18-21H2,1-5H3. The summed E-state index contributed by atoms with van der Waals surface area (Å²) >= 11 is 0. The smallest absolute Gasteiger partial charge is 0.231 e. The predicted octanol–water partition coefficient (Wildman–Crippen LogP) is 6.29. The van der Waals surface area contributed by atoms with Gasteiger partial charge in [-0.3, -0.25) is 9.10 Å². The fourth-order valence-electron chi connectivity index (χ4n) is 4.45. The molecule has 8 heteroatoms. The molecule has 1 aromatic heterocycles. The van der Waals surface area contributed by atoms with Crippen LogP contribution in [-0.4, -0.2) is 58.6 Å². The first-order valence-corrected chi connectivity index (χ1v) is 15.5. The van der Waals surface area contributed by atoms with Crippen molar-refractivity contribution in [2.45, 2.75) is 59.3 Å². The highest BCUT2D eigenvalue weighted by Gasteiger charge is 2.23. The number of ketones is 1. The second-order valence-corrected chi connectivity index (χ2v) is 11.8. The SMILES string of the molecule is CCCCN(CCCC)CCCOc1ccc(C(=O)c2c(CC)oc3ccc(N(C)S(C)(=O)=O)cc23)cc1. The fraction of sp³-hybridized carbons (Fsp3) is 0.500. The van der Waals surface area contributed by atoms with Gasteiger partial charge in [-0.05, 0) is 74.8 Å². The maximum atomic E-state index is 13.6. The van der Waals surface area contributed by atoms with Crippen molar-refractivity contribution in [3.63, 3.8) is 0 Å². The summed E-state index contributed by atoms with van der Waals surface area (Å²) in [6, 6.07) is 12.3. The molecule has 0 aliphatic rings. The van der Waals surface area contributed by atoms with Gasteiger partial charge in [0.25, 0.3) is 0 Å². The molecule has 2 aromatic carbocycles. The molecule has 0 bridgehead atoms. The molecule has 0 radical (unpaired) electrons. The van der Waals surface area contributed by atoms with Gasteiger partial charge in [0.1, 0.15) is 17.1 Å². The van der Waals surface area contributed by atoms with Crippen molar-refractivity contribution in [2.75, 3.05) is 43.8 Å². The lowest BCUT2D eigenvalue weighted by Crippen LogP contribution is -2.28. The van der Waals surface area contributed by atoms with E-state index in [1.54, 1.807) is 30.3 Å². The Hall–Kier alpha value is -2.84. The van der Waals surface area contributed by atoms with Gasteiger partial charge in [0.15, 0.2) is 5.78 Å². The molecule has 38 heavy (non-hydrogen) atoms. The number of carbonyl (C=O) groups is 1. The van der Waals surface area contributed by atoms with Crippen LogP contribution >= 0.6 is 0 Å². The largest absolute Gasteiger partial charge is 0.494 e. The number of aryl methyl sites for hydroxylation is 1. The van der Waals surface area contributed by atoms with Crippen molar-refractivity contribution in [2.24, 2.45) is 0 Å². The highest BCUT2D eigenvalue weighted by atomic mass is 32.2. The van der Waals surface area contributed by atoms with E-state index in [2.05, 4.69) is 18.7 Å². The molecule has 1 heterocycles.